The third-order valence-electron chi connectivity index (χ3n) is 5.48. The lowest BCUT2D eigenvalue weighted by Crippen LogP contribution is -2.10. The van der Waals surface area contributed by atoms with Gasteiger partial charge in [0.2, 0.25) is 0 Å². The molecule has 0 saturated heterocycles. The lowest BCUT2D eigenvalue weighted by atomic mass is 9.84. The summed E-state index contributed by atoms with van der Waals surface area (Å²) in [5.41, 5.74) is 13.4. The highest BCUT2D eigenvalue weighted by Gasteiger charge is 2.18. The predicted octanol–water partition coefficient (Wildman–Crippen LogP) is 7.95. The second-order valence-electron chi connectivity index (χ2n) is 8.86. The van der Waals surface area contributed by atoms with Crippen molar-refractivity contribution in [3.05, 3.63) is 102 Å². The summed E-state index contributed by atoms with van der Waals surface area (Å²) in [5.74, 6) is 0. The van der Waals surface area contributed by atoms with E-state index in [4.69, 9.17) is 9.85 Å². The van der Waals surface area contributed by atoms with E-state index in [1.807, 2.05) is 66.7 Å². The molecule has 0 aromatic heterocycles. The molecule has 0 unspecified atom stereocenters. The molecule has 0 fully saturated rings. The summed E-state index contributed by atoms with van der Waals surface area (Å²) >= 11 is 0. The van der Waals surface area contributed by atoms with Crippen LogP contribution in [0.4, 0.5) is 17.1 Å². The number of nitrogens with one attached hydrogen (secondary N) is 1. The molecule has 0 aliphatic heterocycles. The van der Waals surface area contributed by atoms with Crippen LogP contribution in [0, 0.1) is 6.85 Å². The Morgan fingerprint density at radius 3 is 2.06 bits per heavy atom. The van der Waals surface area contributed by atoms with Crippen molar-refractivity contribution in [2.24, 2.45) is 0 Å². The molecule has 0 aliphatic rings. The monoisotopic (exact) mass is 409 g/mol. The Labute approximate surface area is 190 Å². The van der Waals surface area contributed by atoms with Crippen molar-refractivity contribution >= 4 is 17.1 Å². The Bertz CT molecular complexity index is 1300. The number of hydrogen-bond acceptors (Lipinski definition) is 2. The molecule has 0 spiro atoms. The molecule has 4 rings (SSSR count). The zero-order valence-electron chi connectivity index (χ0n) is 21.2. The summed E-state index contributed by atoms with van der Waals surface area (Å²) in [7, 11) is 0. The molecule has 31 heavy (non-hydrogen) atoms. The van der Waals surface area contributed by atoms with Gasteiger partial charge in [-0.2, -0.15) is 0 Å². The van der Waals surface area contributed by atoms with E-state index in [1.54, 1.807) is 12.1 Å². The van der Waals surface area contributed by atoms with E-state index in [0.717, 1.165) is 33.6 Å². The number of para-hydroxylation sites is 2. The van der Waals surface area contributed by atoms with Crippen LogP contribution in [0.5, 0.6) is 0 Å². The van der Waals surface area contributed by atoms with E-state index in [9.17, 15) is 0 Å². The number of rotatable bonds is 4. The average Bonchev–Trinajstić information content (AvgIpc) is 2.80. The minimum absolute atomic E-state index is 0.0443. The van der Waals surface area contributed by atoms with Crippen LogP contribution in [0.1, 0.15) is 36.0 Å². The van der Waals surface area contributed by atoms with Crippen molar-refractivity contribution in [2.75, 3.05) is 11.1 Å². The summed E-state index contributed by atoms with van der Waals surface area (Å²) in [6.45, 7) is 4.27. The topological polar surface area (TPSA) is 38.0 Å². The van der Waals surface area contributed by atoms with Gasteiger partial charge in [0, 0.05) is 15.2 Å². The molecule has 156 valence electrons. The molecule has 0 atom stereocenters. The standard InChI is InChI=1S/C29H30N2/c1-20-17-24(21-11-6-5-7-12-21)28(31-27-16-9-8-15-26(27)30)25(18-20)22-13-10-14-23(19-22)29(2,3)4/h5-19,31H,30H2,1-4H3/i1D3. The van der Waals surface area contributed by atoms with E-state index in [0.29, 0.717) is 11.3 Å². The lowest BCUT2D eigenvalue weighted by Gasteiger charge is -2.22. The van der Waals surface area contributed by atoms with Gasteiger partial charge in [-0.1, -0.05) is 87.5 Å². The van der Waals surface area contributed by atoms with Crippen molar-refractivity contribution in [3.63, 3.8) is 0 Å². The zero-order valence-corrected chi connectivity index (χ0v) is 18.2. The number of benzene rings is 4. The normalized spacial score (nSPS) is 13.2. The quantitative estimate of drug-likeness (QED) is 0.336. The smallest absolute Gasteiger partial charge is 0.0618 e. The third-order valence-corrected chi connectivity index (χ3v) is 5.48. The van der Waals surface area contributed by atoms with Crippen molar-refractivity contribution in [2.45, 2.75) is 33.0 Å². The Morgan fingerprint density at radius 1 is 0.742 bits per heavy atom. The first-order valence-corrected chi connectivity index (χ1v) is 10.5. The minimum atomic E-state index is -2.25. The maximum Gasteiger partial charge on any atom is 0.0618 e. The van der Waals surface area contributed by atoms with Gasteiger partial charge in [0.25, 0.3) is 0 Å². The summed E-state index contributed by atoms with van der Waals surface area (Å²) in [6, 6.07) is 29.3. The van der Waals surface area contributed by atoms with Crippen molar-refractivity contribution < 1.29 is 4.11 Å². The fourth-order valence-electron chi connectivity index (χ4n) is 3.75. The highest BCUT2D eigenvalue weighted by Crippen LogP contribution is 2.41. The Hall–Kier alpha value is -3.52. The zero-order chi connectivity index (χ0) is 24.5. The molecular formula is C29H30N2. The molecule has 0 saturated carbocycles. The maximum atomic E-state index is 8.15. The highest BCUT2D eigenvalue weighted by molar-refractivity contribution is 5.94. The molecule has 4 aromatic carbocycles. The van der Waals surface area contributed by atoms with Crippen LogP contribution in [-0.2, 0) is 5.41 Å². The molecule has 0 heterocycles. The van der Waals surface area contributed by atoms with Crippen LogP contribution in [0.3, 0.4) is 0 Å². The SMILES string of the molecule is [2H]C([2H])([2H])c1cc(-c2ccccc2)c(Nc2ccccc2N)c(-c2cccc(C(C)(C)C)c2)c1. The van der Waals surface area contributed by atoms with Gasteiger partial charge >= 0.3 is 0 Å². The van der Waals surface area contributed by atoms with Crippen molar-refractivity contribution in [3.8, 4) is 22.3 Å². The van der Waals surface area contributed by atoms with Gasteiger partial charge in [-0.15, -0.1) is 0 Å². The van der Waals surface area contributed by atoms with Gasteiger partial charge in [-0.25, -0.2) is 0 Å². The second-order valence-corrected chi connectivity index (χ2v) is 8.86. The summed E-state index contributed by atoms with van der Waals surface area (Å²) < 4.78 is 24.5. The van der Waals surface area contributed by atoms with Crippen LogP contribution in [-0.4, -0.2) is 0 Å². The minimum Gasteiger partial charge on any atom is -0.397 e. The molecule has 4 aromatic rings. The fraction of sp³-hybridized carbons (Fsp3) is 0.172. The predicted molar refractivity (Wildman–Crippen MR) is 135 cm³/mol. The first kappa shape index (κ1) is 17.2. The number of hydrogen-bond donors (Lipinski definition) is 2. The Balaban J connectivity index is 2.05. The second kappa shape index (κ2) is 8.31. The Morgan fingerprint density at radius 2 is 1.39 bits per heavy atom. The molecule has 0 bridgehead atoms. The third kappa shape index (κ3) is 4.49. The van der Waals surface area contributed by atoms with Crippen LogP contribution in [0.15, 0.2) is 91.0 Å². The van der Waals surface area contributed by atoms with E-state index >= 15 is 0 Å². The van der Waals surface area contributed by atoms with Gasteiger partial charge in [0.15, 0.2) is 0 Å². The van der Waals surface area contributed by atoms with Gasteiger partial charge in [-0.05, 0) is 58.8 Å². The van der Waals surface area contributed by atoms with E-state index in [-0.39, 0.29) is 5.41 Å². The molecule has 0 radical (unpaired) electrons. The molecule has 2 nitrogen and oxygen atoms in total. The van der Waals surface area contributed by atoms with Crippen molar-refractivity contribution in [1.29, 1.82) is 0 Å². The summed E-state index contributed by atoms with van der Waals surface area (Å²) in [6.07, 6.45) is 0. The van der Waals surface area contributed by atoms with E-state index < -0.39 is 6.85 Å². The van der Waals surface area contributed by atoms with Crippen molar-refractivity contribution in [1.82, 2.24) is 0 Å². The van der Waals surface area contributed by atoms with Gasteiger partial charge in [0.1, 0.15) is 0 Å². The van der Waals surface area contributed by atoms with Gasteiger partial charge < -0.3 is 11.1 Å². The van der Waals surface area contributed by atoms with Crippen LogP contribution in [0.25, 0.3) is 22.3 Å². The van der Waals surface area contributed by atoms with Gasteiger partial charge in [-0.3, -0.25) is 0 Å². The van der Waals surface area contributed by atoms with Gasteiger partial charge in [0.05, 0.1) is 17.1 Å². The average molecular weight is 410 g/mol. The maximum absolute atomic E-state index is 8.15. The summed E-state index contributed by atoms with van der Waals surface area (Å²) in [4.78, 5) is 0. The van der Waals surface area contributed by atoms with Crippen LogP contribution in [0.2, 0.25) is 0 Å². The first-order chi connectivity index (χ1) is 16.0. The van der Waals surface area contributed by atoms with Crippen LogP contribution < -0.4 is 11.1 Å². The molecule has 3 N–H and O–H groups in total. The fourth-order valence-corrected chi connectivity index (χ4v) is 3.75. The number of nitrogens with two attached hydrogens (primary N) is 1. The lowest BCUT2D eigenvalue weighted by molar-refractivity contribution is 0.590. The number of anilines is 3. The van der Waals surface area contributed by atoms with E-state index in [1.165, 1.54) is 5.56 Å². The number of aryl methyl sites for hydroxylation is 1. The van der Waals surface area contributed by atoms with Crippen LogP contribution >= 0.6 is 0 Å². The number of nitrogen functional groups attached to an aromatic ring is 1. The van der Waals surface area contributed by atoms with E-state index in [2.05, 4.69) is 38.2 Å². The molecule has 2 heteroatoms. The molecule has 0 aliphatic carbocycles. The first-order valence-electron chi connectivity index (χ1n) is 12.0. The molecular weight excluding hydrogens is 376 g/mol. The molecule has 0 amide bonds. The summed E-state index contributed by atoms with van der Waals surface area (Å²) in [5, 5.41) is 3.53. The Kier molecular flexibility index (Phi) is 4.61. The largest absolute Gasteiger partial charge is 0.397 e. The highest BCUT2D eigenvalue weighted by atomic mass is 14.9.